The number of rotatable bonds is 5. The maximum Gasteiger partial charge on any atom is 0.239 e. The fraction of sp³-hybridized carbons (Fsp3) is 0.632. The number of piperidine rings is 1. The van der Waals surface area contributed by atoms with E-state index in [1.165, 1.54) is 12.1 Å². The van der Waals surface area contributed by atoms with Gasteiger partial charge in [-0.05, 0) is 63.0 Å². The smallest absolute Gasteiger partial charge is 0.239 e. The molecule has 2 atom stereocenters. The van der Waals surface area contributed by atoms with Gasteiger partial charge in [-0.25, -0.2) is 4.39 Å². The van der Waals surface area contributed by atoms with Gasteiger partial charge in [0.25, 0.3) is 0 Å². The molecule has 0 spiro atoms. The maximum absolute atomic E-state index is 13.1. The Bertz CT molecular complexity index is 548. The topological polar surface area (TPSA) is 35.6 Å². The first kappa shape index (κ1) is 17.4. The van der Waals surface area contributed by atoms with Crippen LogP contribution < -0.4 is 5.32 Å². The third-order valence-electron chi connectivity index (χ3n) is 5.29. The minimum atomic E-state index is -0.210. The van der Waals surface area contributed by atoms with E-state index in [2.05, 4.69) is 15.1 Å². The second-order valence-electron chi connectivity index (χ2n) is 7.11. The number of carbonyl (C=O) groups excluding carboxylic acids is 1. The third-order valence-corrected chi connectivity index (χ3v) is 5.29. The molecule has 2 aliphatic heterocycles. The van der Waals surface area contributed by atoms with Crippen LogP contribution in [0, 0.1) is 11.7 Å². The van der Waals surface area contributed by atoms with Crippen molar-refractivity contribution >= 4 is 5.91 Å². The van der Waals surface area contributed by atoms with Gasteiger partial charge in [0, 0.05) is 19.6 Å². The Kier molecular flexibility index (Phi) is 5.85. The summed E-state index contributed by atoms with van der Waals surface area (Å²) in [5, 5.41) is 3.22. The molecule has 0 aromatic heterocycles. The molecule has 2 fully saturated rings. The number of nitrogens with one attached hydrogen (secondary N) is 1. The SMILES string of the molecule is CNCC1CCN(C(=O)C2CCCCN2Cc2ccc(F)cc2)C1. The van der Waals surface area contributed by atoms with E-state index in [1.54, 1.807) is 0 Å². The van der Waals surface area contributed by atoms with Crippen LogP contribution >= 0.6 is 0 Å². The maximum atomic E-state index is 13.1. The number of carbonyl (C=O) groups is 1. The monoisotopic (exact) mass is 333 g/mol. The molecule has 1 aromatic carbocycles. The number of benzene rings is 1. The number of amides is 1. The average Bonchev–Trinajstić information content (AvgIpc) is 3.06. The van der Waals surface area contributed by atoms with Crippen LogP contribution in [-0.2, 0) is 11.3 Å². The highest BCUT2D eigenvalue weighted by Crippen LogP contribution is 2.24. The van der Waals surface area contributed by atoms with E-state index in [4.69, 9.17) is 0 Å². The molecule has 1 aromatic rings. The minimum absolute atomic E-state index is 0.0165. The van der Waals surface area contributed by atoms with E-state index >= 15 is 0 Å². The number of hydrogen-bond acceptors (Lipinski definition) is 3. The molecule has 2 heterocycles. The van der Waals surface area contributed by atoms with Gasteiger partial charge in [0.05, 0.1) is 6.04 Å². The molecule has 0 saturated carbocycles. The van der Waals surface area contributed by atoms with Crippen LogP contribution in [0.5, 0.6) is 0 Å². The molecule has 3 rings (SSSR count). The van der Waals surface area contributed by atoms with Gasteiger partial charge in [-0.1, -0.05) is 18.6 Å². The highest BCUT2D eigenvalue weighted by molar-refractivity contribution is 5.82. The van der Waals surface area contributed by atoms with E-state index in [0.29, 0.717) is 5.92 Å². The molecule has 1 N–H and O–H groups in total. The number of nitrogens with zero attached hydrogens (tertiary/aromatic N) is 2. The highest BCUT2D eigenvalue weighted by atomic mass is 19.1. The predicted molar refractivity (Wildman–Crippen MR) is 93.1 cm³/mol. The molecule has 2 saturated heterocycles. The average molecular weight is 333 g/mol. The summed E-state index contributed by atoms with van der Waals surface area (Å²) < 4.78 is 13.1. The molecule has 24 heavy (non-hydrogen) atoms. The lowest BCUT2D eigenvalue weighted by Gasteiger charge is -2.37. The van der Waals surface area contributed by atoms with Crippen molar-refractivity contribution in [1.29, 1.82) is 0 Å². The Labute approximate surface area is 144 Å². The van der Waals surface area contributed by atoms with Crippen molar-refractivity contribution in [2.75, 3.05) is 33.2 Å². The van der Waals surface area contributed by atoms with Crippen LogP contribution in [-0.4, -0.2) is 55.0 Å². The van der Waals surface area contributed by atoms with Gasteiger partial charge in [0.1, 0.15) is 5.82 Å². The zero-order valence-corrected chi connectivity index (χ0v) is 14.5. The molecule has 2 aliphatic rings. The van der Waals surface area contributed by atoms with Crippen molar-refractivity contribution < 1.29 is 9.18 Å². The fourth-order valence-corrected chi connectivity index (χ4v) is 3.98. The van der Waals surface area contributed by atoms with Crippen LogP contribution in [0.3, 0.4) is 0 Å². The number of halogens is 1. The zero-order chi connectivity index (χ0) is 16.9. The molecule has 5 heteroatoms. The standard InChI is InChI=1S/C19H28FN3O/c1-21-12-16-9-11-23(14-16)19(24)18-4-2-3-10-22(18)13-15-5-7-17(20)8-6-15/h5-8,16,18,21H,2-4,9-14H2,1H3. The second kappa shape index (κ2) is 8.08. The molecule has 4 nitrogen and oxygen atoms in total. The van der Waals surface area contributed by atoms with Crippen molar-refractivity contribution in [3.63, 3.8) is 0 Å². The van der Waals surface area contributed by atoms with Crippen molar-refractivity contribution in [2.45, 2.75) is 38.3 Å². The lowest BCUT2D eigenvalue weighted by molar-refractivity contribution is -0.137. The van der Waals surface area contributed by atoms with Gasteiger partial charge < -0.3 is 10.2 Å². The van der Waals surface area contributed by atoms with E-state index in [0.717, 1.165) is 64.0 Å². The molecule has 132 valence electrons. The summed E-state index contributed by atoms with van der Waals surface area (Å²) in [6, 6.07) is 6.63. The molecule has 0 aliphatic carbocycles. The van der Waals surface area contributed by atoms with Crippen LogP contribution in [0.2, 0.25) is 0 Å². The molecule has 1 amide bonds. The van der Waals surface area contributed by atoms with Crippen LogP contribution in [0.25, 0.3) is 0 Å². The summed E-state index contributed by atoms with van der Waals surface area (Å²) in [5.74, 6) is 0.654. The summed E-state index contributed by atoms with van der Waals surface area (Å²) >= 11 is 0. The van der Waals surface area contributed by atoms with Crippen LogP contribution in [0.1, 0.15) is 31.2 Å². The Morgan fingerprint density at radius 2 is 2.00 bits per heavy atom. The van der Waals surface area contributed by atoms with Crippen molar-refractivity contribution in [3.8, 4) is 0 Å². The number of likely N-dealkylation sites (tertiary alicyclic amines) is 2. The zero-order valence-electron chi connectivity index (χ0n) is 14.5. The van der Waals surface area contributed by atoms with Gasteiger partial charge in [0.15, 0.2) is 0 Å². The van der Waals surface area contributed by atoms with Crippen LogP contribution in [0.4, 0.5) is 4.39 Å². The summed E-state index contributed by atoms with van der Waals surface area (Å²) in [5.41, 5.74) is 1.07. The van der Waals surface area contributed by atoms with Crippen molar-refractivity contribution in [3.05, 3.63) is 35.6 Å². The van der Waals surface area contributed by atoms with E-state index < -0.39 is 0 Å². The van der Waals surface area contributed by atoms with Gasteiger partial charge in [-0.15, -0.1) is 0 Å². The molecule has 0 bridgehead atoms. The van der Waals surface area contributed by atoms with Gasteiger partial charge in [-0.3, -0.25) is 9.69 Å². The van der Waals surface area contributed by atoms with Gasteiger partial charge in [0.2, 0.25) is 5.91 Å². The normalized spacial score (nSPS) is 25.2. The quantitative estimate of drug-likeness (QED) is 0.898. The first-order valence-corrected chi connectivity index (χ1v) is 9.09. The Morgan fingerprint density at radius 3 is 2.75 bits per heavy atom. The lowest BCUT2D eigenvalue weighted by atomic mass is 10.00. The van der Waals surface area contributed by atoms with Crippen molar-refractivity contribution in [1.82, 2.24) is 15.1 Å². The Hall–Kier alpha value is -1.46. The van der Waals surface area contributed by atoms with E-state index in [-0.39, 0.29) is 17.8 Å². The van der Waals surface area contributed by atoms with Gasteiger partial charge in [-0.2, -0.15) is 0 Å². The second-order valence-corrected chi connectivity index (χ2v) is 7.11. The molecule has 0 radical (unpaired) electrons. The first-order valence-electron chi connectivity index (χ1n) is 9.09. The Morgan fingerprint density at radius 1 is 1.21 bits per heavy atom. The Balaban J connectivity index is 1.63. The van der Waals surface area contributed by atoms with Crippen molar-refractivity contribution in [2.24, 2.45) is 5.92 Å². The molecule has 2 unspecified atom stereocenters. The fourth-order valence-electron chi connectivity index (χ4n) is 3.98. The molecular formula is C19H28FN3O. The first-order chi connectivity index (χ1) is 11.7. The molecular weight excluding hydrogens is 305 g/mol. The predicted octanol–water partition coefficient (Wildman–Crippen LogP) is 2.25. The summed E-state index contributed by atoms with van der Waals surface area (Å²) in [4.78, 5) is 17.3. The van der Waals surface area contributed by atoms with E-state index in [1.807, 2.05) is 19.2 Å². The van der Waals surface area contributed by atoms with Gasteiger partial charge >= 0.3 is 0 Å². The number of hydrogen-bond donors (Lipinski definition) is 1. The largest absolute Gasteiger partial charge is 0.341 e. The summed E-state index contributed by atoms with van der Waals surface area (Å²) in [7, 11) is 1.97. The van der Waals surface area contributed by atoms with Crippen LogP contribution in [0.15, 0.2) is 24.3 Å². The van der Waals surface area contributed by atoms with E-state index in [9.17, 15) is 9.18 Å². The minimum Gasteiger partial charge on any atom is -0.341 e. The summed E-state index contributed by atoms with van der Waals surface area (Å²) in [6.45, 7) is 4.41. The summed E-state index contributed by atoms with van der Waals surface area (Å²) in [6.07, 6.45) is 4.28. The third kappa shape index (κ3) is 4.14. The highest BCUT2D eigenvalue weighted by Gasteiger charge is 2.35. The lowest BCUT2D eigenvalue weighted by Crippen LogP contribution is -2.50.